The van der Waals surface area contributed by atoms with Crippen LogP contribution in [0.5, 0.6) is 5.75 Å². The lowest BCUT2D eigenvalue weighted by atomic mass is 10.1. The number of halogens is 1. The van der Waals surface area contributed by atoms with Crippen LogP contribution in [0.3, 0.4) is 0 Å². The molecule has 1 aromatic carbocycles. The highest BCUT2D eigenvalue weighted by Gasteiger charge is 2.18. The zero-order valence-electron chi connectivity index (χ0n) is 13.2. The SMILES string of the molecule is CCCCN(Cc1cc(Br)ccc1OC)CC1CCCN1. The third kappa shape index (κ3) is 5.28. The molecule has 1 aliphatic rings. The lowest BCUT2D eigenvalue weighted by Gasteiger charge is -2.26. The summed E-state index contributed by atoms with van der Waals surface area (Å²) >= 11 is 3.57. The quantitative estimate of drug-likeness (QED) is 0.767. The normalized spacial score (nSPS) is 18.4. The Hall–Kier alpha value is -0.580. The van der Waals surface area contributed by atoms with Crippen LogP contribution < -0.4 is 10.1 Å². The molecule has 0 aliphatic carbocycles. The Kier molecular flexibility index (Phi) is 7.00. The Bertz CT molecular complexity index is 433. The van der Waals surface area contributed by atoms with Gasteiger partial charge < -0.3 is 10.1 Å². The predicted molar refractivity (Wildman–Crippen MR) is 91.9 cm³/mol. The summed E-state index contributed by atoms with van der Waals surface area (Å²) in [7, 11) is 1.75. The minimum Gasteiger partial charge on any atom is -0.496 e. The van der Waals surface area contributed by atoms with E-state index in [2.05, 4.69) is 39.1 Å². The largest absolute Gasteiger partial charge is 0.496 e. The van der Waals surface area contributed by atoms with Crippen LogP contribution >= 0.6 is 15.9 Å². The number of hydrogen-bond donors (Lipinski definition) is 1. The second-order valence-electron chi connectivity index (χ2n) is 5.84. The molecule has 0 aromatic heterocycles. The summed E-state index contributed by atoms with van der Waals surface area (Å²) < 4.78 is 6.63. The molecular weight excluding hydrogens is 328 g/mol. The van der Waals surface area contributed by atoms with Gasteiger partial charge in [0.05, 0.1) is 7.11 Å². The smallest absolute Gasteiger partial charge is 0.123 e. The predicted octanol–water partition coefficient (Wildman–Crippen LogP) is 3.81. The fraction of sp³-hybridized carbons (Fsp3) is 0.647. The molecule has 0 bridgehead atoms. The number of hydrogen-bond acceptors (Lipinski definition) is 3. The molecule has 2 rings (SSSR count). The first-order valence-electron chi connectivity index (χ1n) is 8.01. The summed E-state index contributed by atoms with van der Waals surface area (Å²) in [4.78, 5) is 2.57. The fourth-order valence-electron chi connectivity index (χ4n) is 2.95. The van der Waals surface area contributed by atoms with E-state index in [4.69, 9.17) is 4.74 Å². The van der Waals surface area contributed by atoms with Crippen molar-refractivity contribution >= 4 is 15.9 Å². The van der Waals surface area contributed by atoms with E-state index in [1.807, 2.05) is 12.1 Å². The number of methoxy groups -OCH3 is 1. The van der Waals surface area contributed by atoms with Crippen molar-refractivity contribution in [2.24, 2.45) is 0 Å². The average molecular weight is 355 g/mol. The highest BCUT2D eigenvalue weighted by atomic mass is 79.9. The van der Waals surface area contributed by atoms with Crippen LogP contribution in [0.15, 0.2) is 22.7 Å². The first kappa shape index (κ1) is 16.8. The van der Waals surface area contributed by atoms with Gasteiger partial charge in [-0.1, -0.05) is 29.3 Å². The molecule has 1 unspecified atom stereocenters. The maximum atomic E-state index is 5.51. The molecular formula is C17H27BrN2O. The van der Waals surface area contributed by atoms with Crippen LogP contribution in [-0.4, -0.2) is 37.7 Å². The van der Waals surface area contributed by atoms with Crippen molar-refractivity contribution in [3.05, 3.63) is 28.2 Å². The van der Waals surface area contributed by atoms with Gasteiger partial charge in [-0.3, -0.25) is 4.90 Å². The molecule has 1 heterocycles. The number of nitrogens with zero attached hydrogens (tertiary/aromatic N) is 1. The molecule has 0 amide bonds. The molecule has 3 nitrogen and oxygen atoms in total. The average Bonchev–Trinajstić information content (AvgIpc) is 2.98. The van der Waals surface area contributed by atoms with E-state index in [-0.39, 0.29) is 0 Å². The zero-order valence-corrected chi connectivity index (χ0v) is 14.8. The van der Waals surface area contributed by atoms with Crippen molar-refractivity contribution in [1.82, 2.24) is 10.2 Å². The highest BCUT2D eigenvalue weighted by Crippen LogP contribution is 2.25. The Morgan fingerprint density at radius 2 is 2.29 bits per heavy atom. The summed E-state index contributed by atoms with van der Waals surface area (Å²) in [5.74, 6) is 0.985. The fourth-order valence-corrected chi connectivity index (χ4v) is 3.36. The van der Waals surface area contributed by atoms with Gasteiger partial charge >= 0.3 is 0 Å². The van der Waals surface area contributed by atoms with Crippen LogP contribution in [0.25, 0.3) is 0 Å². The number of rotatable bonds is 8. The molecule has 1 saturated heterocycles. The topological polar surface area (TPSA) is 24.5 Å². The van der Waals surface area contributed by atoms with Gasteiger partial charge in [0.2, 0.25) is 0 Å². The van der Waals surface area contributed by atoms with Gasteiger partial charge in [0.25, 0.3) is 0 Å². The van der Waals surface area contributed by atoms with Crippen molar-refractivity contribution < 1.29 is 4.74 Å². The molecule has 1 atom stereocenters. The van der Waals surface area contributed by atoms with Crippen LogP contribution in [0.1, 0.15) is 38.2 Å². The van der Waals surface area contributed by atoms with E-state index in [1.54, 1.807) is 7.11 Å². The van der Waals surface area contributed by atoms with Crippen molar-refractivity contribution in [1.29, 1.82) is 0 Å². The molecule has 0 radical (unpaired) electrons. The minimum absolute atomic E-state index is 0.653. The third-order valence-electron chi connectivity index (χ3n) is 4.11. The molecule has 21 heavy (non-hydrogen) atoms. The van der Waals surface area contributed by atoms with Crippen molar-refractivity contribution in [3.8, 4) is 5.75 Å². The molecule has 1 fully saturated rings. The van der Waals surface area contributed by atoms with Gasteiger partial charge in [-0.05, 0) is 50.6 Å². The monoisotopic (exact) mass is 354 g/mol. The Balaban J connectivity index is 2.03. The summed E-state index contributed by atoms with van der Waals surface area (Å²) in [6.07, 6.45) is 5.11. The van der Waals surface area contributed by atoms with Crippen LogP contribution in [-0.2, 0) is 6.54 Å². The lowest BCUT2D eigenvalue weighted by molar-refractivity contribution is 0.234. The Morgan fingerprint density at radius 1 is 1.43 bits per heavy atom. The second-order valence-corrected chi connectivity index (χ2v) is 6.75. The van der Waals surface area contributed by atoms with Crippen LogP contribution in [0.2, 0.25) is 0 Å². The Morgan fingerprint density at radius 3 is 2.95 bits per heavy atom. The number of unbranched alkanes of at least 4 members (excludes halogenated alkanes) is 1. The molecule has 1 N–H and O–H groups in total. The Labute approximate surface area is 137 Å². The van der Waals surface area contributed by atoms with Crippen molar-refractivity contribution in [3.63, 3.8) is 0 Å². The van der Waals surface area contributed by atoms with Crippen molar-refractivity contribution in [2.45, 2.75) is 45.2 Å². The standard InChI is InChI=1S/C17H27BrN2O/c1-3-4-10-20(13-16-6-5-9-19-16)12-14-11-15(18)7-8-17(14)21-2/h7-8,11,16,19H,3-6,9-10,12-13H2,1-2H3. The van der Waals surface area contributed by atoms with E-state index >= 15 is 0 Å². The summed E-state index contributed by atoms with van der Waals surface area (Å²) in [5.41, 5.74) is 1.26. The van der Waals surface area contributed by atoms with E-state index in [0.717, 1.165) is 29.9 Å². The van der Waals surface area contributed by atoms with E-state index in [0.29, 0.717) is 6.04 Å². The number of nitrogens with one attached hydrogen (secondary N) is 1. The van der Waals surface area contributed by atoms with Gasteiger partial charge in [-0.25, -0.2) is 0 Å². The zero-order chi connectivity index (χ0) is 15.1. The van der Waals surface area contributed by atoms with Gasteiger partial charge in [0.15, 0.2) is 0 Å². The molecule has 118 valence electrons. The first-order valence-corrected chi connectivity index (χ1v) is 8.80. The third-order valence-corrected chi connectivity index (χ3v) is 4.60. The highest BCUT2D eigenvalue weighted by molar-refractivity contribution is 9.10. The molecule has 0 saturated carbocycles. The maximum absolute atomic E-state index is 5.51. The van der Waals surface area contributed by atoms with E-state index in [1.165, 1.54) is 37.8 Å². The molecule has 0 spiro atoms. The maximum Gasteiger partial charge on any atom is 0.123 e. The molecule has 1 aliphatic heterocycles. The van der Waals surface area contributed by atoms with Crippen LogP contribution in [0.4, 0.5) is 0 Å². The lowest BCUT2D eigenvalue weighted by Crippen LogP contribution is -2.37. The van der Waals surface area contributed by atoms with Gasteiger partial charge in [-0.15, -0.1) is 0 Å². The summed E-state index contributed by atoms with van der Waals surface area (Å²) in [6.45, 7) is 6.68. The molecule has 4 heteroatoms. The number of ether oxygens (including phenoxy) is 1. The van der Waals surface area contributed by atoms with Gasteiger partial charge in [0.1, 0.15) is 5.75 Å². The first-order chi connectivity index (χ1) is 10.2. The van der Waals surface area contributed by atoms with Gasteiger partial charge in [-0.2, -0.15) is 0 Å². The second kappa shape index (κ2) is 8.76. The molecule has 1 aromatic rings. The van der Waals surface area contributed by atoms with E-state index in [9.17, 15) is 0 Å². The number of benzene rings is 1. The van der Waals surface area contributed by atoms with Crippen molar-refractivity contribution in [2.75, 3.05) is 26.7 Å². The van der Waals surface area contributed by atoms with E-state index < -0.39 is 0 Å². The van der Waals surface area contributed by atoms with Crippen LogP contribution in [0, 0.1) is 0 Å². The summed E-state index contributed by atoms with van der Waals surface area (Å²) in [6, 6.07) is 6.92. The minimum atomic E-state index is 0.653. The van der Waals surface area contributed by atoms with Gasteiger partial charge in [0, 0.05) is 29.2 Å². The summed E-state index contributed by atoms with van der Waals surface area (Å²) in [5, 5.41) is 3.61.